The monoisotopic (exact) mass is 433 g/mol. The molecule has 1 fully saturated rings. The van der Waals surface area contributed by atoms with E-state index >= 15 is 0 Å². The van der Waals surface area contributed by atoms with E-state index in [0.29, 0.717) is 29.1 Å². The Labute approximate surface area is 180 Å². The lowest BCUT2D eigenvalue weighted by atomic mass is 9.86. The number of anilines is 1. The van der Waals surface area contributed by atoms with Gasteiger partial charge in [0.2, 0.25) is 11.8 Å². The van der Waals surface area contributed by atoms with E-state index in [1.54, 1.807) is 0 Å². The Morgan fingerprint density at radius 2 is 1.90 bits per heavy atom. The molecule has 1 heterocycles. The average Bonchev–Trinajstić information content (AvgIpc) is 3.11. The number of nitrogens with zero attached hydrogens (tertiary/aromatic N) is 3. The first kappa shape index (κ1) is 22.3. The lowest BCUT2D eigenvalue weighted by molar-refractivity contribution is -0.120. The Morgan fingerprint density at radius 3 is 2.60 bits per heavy atom. The van der Waals surface area contributed by atoms with Crippen molar-refractivity contribution in [1.82, 2.24) is 20.1 Å². The summed E-state index contributed by atoms with van der Waals surface area (Å²) in [7, 11) is 0. The summed E-state index contributed by atoms with van der Waals surface area (Å²) in [5.41, 5.74) is 0.521. The minimum atomic E-state index is -0.359. The molecular weight excluding hydrogens is 405 g/mol. The first-order valence-corrected chi connectivity index (χ1v) is 11.3. The summed E-state index contributed by atoms with van der Waals surface area (Å²) in [6, 6.07) is 5.84. The van der Waals surface area contributed by atoms with Gasteiger partial charge in [-0.2, -0.15) is 0 Å². The summed E-state index contributed by atoms with van der Waals surface area (Å²) >= 11 is 1.33. The van der Waals surface area contributed by atoms with E-state index in [4.69, 9.17) is 0 Å². The molecule has 0 saturated heterocycles. The number of amides is 2. The van der Waals surface area contributed by atoms with Gasteiger partial charge in [-0.05, 0) is 49.9 Å². The van der Waals surface area contributed by atoms with Crippen LogP contribution in [-0.4, -0.2) is 38.4 Å². The molecule has 2 atom stereocenters. The highest BCUT2D eigenvalue weighted by atomic mass is 32.2. The zero-order valence-electron chi connectivity index (χ0n) is 17.4. The van der Waals surface area contributed by atoms with Crippen molar-refractivity contribution >= 4 is 29.3 Å². The maximum atomic E-state index is 13.0. The van der Waals surface area contributed by atoms with E-state index in [1.165, 1.54) is 42.4 Å². The quantitative estimate of drug-likeness (QED) is 0.623. The molecule has 1 aliphatic carbocycles. The van der Waals surface area contributed by atoms with Gasteiger partial charge >= 0.3 is 0 Å². The Kier molecular flexibility index (Phi) is 7.84. The molecule has 30 heavy (non-hydrogen) atoms. The van der Waals surface area contributed by atoms with Crippen molar-refractivity contribution in [3.8, 4) is 0 Å². The fraction of sp³-hybridized carbons (Fsp3) is 0.524. The van der Waals surface area contributed by atoms with Gasteiger partial charge in [0.15, 0.2) is 5.16 Å². The van der Waals surface area contributed by atoms with E-state index < -0.39 is 0 Å². The number of halogens is 1. The van der Waals surface area contributed by atoms with E-state index in [0.717, 1.165) is 19.3 Å². The van der Waals surface area contributed by atoms with Gasteiger partial charge < -0.3 is 15.2 Å². The normalized spacial score (nSPS) is 18.8. The van der Waals surface area contributed by atoms with Crippen LogP contribution in [0.3, 0.4) is 0 Å². The zero-order valence-corrected chi connectivity index (χ0v) is 18.2. The van der Waals surface area contributed by atoms with Crippen molar-refractivity contribution in [2.75, 3.05) is 11.1 Å². The van der Waals surface area contributed by atoms with E-state index in [-0.39, 0.29) is 35.8 Å². The summed E-state index contributed by atoms with van der Waals surface area (Å²) in [6.45, 7) is 4.72. The van der Waals surface area contributed by atoms with Gasteiger partial charge in [-0.25, -0.2) is 4.39 Å². The highest BCUT2D eigenvalue weighted by Crippen LogP contribution is 2.24. The smallest absolute Gasteiger partial charge is 0.232 e. The van der Waals surface area contributed by atoms with Crippen molar-refractivity contribution in [1.29, 1.82) is 0 Å². The third-order valence-electron chi connectivity index (χ3n) is 5.35. The van der Waals surface area contributed by atoms with Crippen molar-refractivity contribution < 1.29 is 14.0 Å². The molecule has 0 spiro atoms. The summed E-state index contributed by atoms with van der Waals surface area (Å²) in [4.78, 5) is 24.7. The largest absolute Gasteiger partial charge is 0.352 e. The second-order valence-corrected chi connectivity index (χ2v) is 8.54. The highest BCUT2D eigenvalue weighted by molar-refractivity contribution is 7.99. The fourth-order valence-electron chi connectivity index (χ4n) is 3.67. The second kappa shape index (κ2) is 10.6. The Morgan fingerprint density at radius 1 is 1.17 bits per heavy atom. The molecule has 2 amide bonds. The van der Waals surface area contributed by atoms with E-state index in [9.17, 15) is 14.0 Å². The molecule has 2 unspecified atom stereocenters. The molecule has 1 aromatic carbocycles. The van der Waals surface area contributed by atoms with Crippen LogP contribution in [0, 0.1) is 11.7 Å². The molecule has 0 radical (unpaired) electrons. The van der Waals surface area contributed by atoms with Crippen LogP contribution in [0.4, 0.5) is 10.1 Å². The van der Waals surface area contributed by atoms with Crippen molar-refractivity contribution in [3.63, 3.8) is 0 Å². The van der Waals surface area contributed by atoms with Gasteiger partial charge in [-0.3, -0.25) is 9.59 Å². The first-order valence-electron chi connectivity index (χ1n) is 10.4. The Bertz CT molecular complexity index is 871. The molecule has 1 aromatic heterocycles. The van der Waals surface area contributed by atoms with Crippen molar-refractivity contribution in [2.45, 2.75) is 63.7 Å². The number of aromatic nitrogens is 3. The predicted octanol–water partition coefficient (Wildman–Crippen LogP) is 3.41. The highest BCUT2D eigenvalue weighted by Gasteiger charge is 2.23. The number of hydrogen-bond donors (Lipinski definition) is 2. The lowest BCUT2D eigenvalue weighted by Gasteiger charge is -2.29. The SMILES string of the molecule is CCn1c(CC(=O)Nc2ccc(F)cc2)nnc1SCC(=O)NC1CCCCC1C. The van der Waals surface area contributed by atoms with Gasteiger partial charge in [0, 0.05) is 18.3 Å². The summed E-state index contributed by atoms with van der Waals surface area (Å²) in [5, 5.41) is 14.8. The van der Waals surface area contributed by atoms with Crippen molar-refractivity contribution in [3.05, 3.63) is 35.9 Å². The predicted molar refractivity (Wildman–Crippen MR) is 115 cm³/mol. The van der Waals surface area contributed by atoms with Crippen LogP contribution in [0.15, 0.2) is 29.4 Å². The van der Waals surface area contributed by atoms with Crippen molar-refractivity contribution in [2.24, 2.45) is 5.92 Å². The molecule has 3 rings (SSSR count). The first-order chi connectivity index (χ1) is 14.5. The number of carbonyl (C=O) groups is 2. The molecule has 0 aliphatic heterocycles. The lowest BCUT2D eigenvalue weighted by Crippen LogP contribution is -2.41. The number of nitrogens with one attached hydrogen (secondary N) is 2. The Hall–Kier alpha value is -2.42. The molecule has 7 nitrogen and oxygen atoms in total. The van der Waals surface area contributed by atoms with E-state index in [1.807, 2.05) is 11.5 Å². The third kappa shape index (κ3) is 6.04. The number of benzene rings is 1. The summed E-state index contributed by atoms with van der Waals surface area (Å²) < 4.78 is 14.8. The zero-order chi connectivity index (χ0) is 21.5. The third-order valence-corrected chi connectivity index (χ3v) is 6.31. The van der Waals surface area contributed by atoms with E-state index in [2.05, 4.69) is 27.8 Å². The fourth-order valence-corrected chi connectivity index (χ4v) is 4.50. The number of carbonyl (C=O) groups excluding carboxylic acids is 2. The molecule has 9 heteroatoms. The summed E-state index contributed by atoms with van der Waals surface area (Å²) in [6.07, 6.45) is 4.64. The second-order valence-electron chi connectivity index (χ2n) is 7.60. The topological polar surface area (TPSA) is 88.9 Å². The average molecular weight is 434 g/mol. The van der Waals surface area contributed by atoms with Crippen LogP contribution in [0.1, 0.15) is 45.4 Å². The van der Waals surface area contributed by atoms with Gasteiger partial charge in [0.25, 0.3) is 0 Å². The minimum absolute atomic E-state index is 0.00000550. The Balaban J connectivity index is 1.53. The minimum Gasteiger partial charge on any atom is -0.352 e. The molecule has 2 N–H and O–H groups in total. The van der Waals surface area contributed by atoms with Gasteiger partial charge in [-0.15, -0.1) is 10.2 Å². The molecule has 2 aromatic rings. The van der Waals surface area contributed by atoms with Crippen LogP contribution in [-0.2, 0) is 22.6 Å². The summed E-state index contributed by atoms with van der Waals surface area (Å²) in [5.74, 6) is 0.689. The number of thioether (sulfide) groups is 1. The maximum Gasteiger partial charge on any atom is 0.232 e. The van der Waals surface area contributed by atoms with Crippen LogP contribution >= 0.6 is 11.8 Å². The van der Waals surface area contributed by atoms with Crippen LogP contribution in [0.2, 0.25) is 0 Å². The number of rotatable bonds is 8. The molecule has 0 bridgehead atoms. The molecular formula is C21H28FN5O2S. The maximum absolute atomic E-state index is 13.0. The van der Waals surface area contributed by atoms with Crippen LogP contribution in [0.5, 0.6) is 0 Å². The molecule has 1 aliphatic rings. The van der Waals surface area contributed by atoms with Gasteiger partial charge in [-0.1, -0.05) is 31.5 Å². The number of hydrogen-bond acceptors (Lipinski definition) is 5. The molecule has 1 saturated carbocycles. The van der Waals surface area contributed by atoms with Crippen LogP contribution in [0.25, 0.3) is 0 Å². The van der Waals surface area contributed by atoms with Crippen LogP contribution < -0.4 is 10.6 Å². The molecule has 162 valence electrons. The van der Waals surface area contributed by atoms with Gasteiger partial charge in [0.05, 0.1) is 12.2 Å². The standard InChI is InChI=1S/C21H28FN5O2S/c1-3-27-18(12-19(28)23-16-10-8-15(22)9-11-16)25-26-21(27)30-13-20(29)24-17-7-5-4-6-14(17)2/h8-11,14,17H,3-7,12-13H2,1-2H3,(H,23,28)(H,24,29). The van der Waals surface area contributed by atoms with Gasteiger partial charge in [0.1, 0.15) is 11.6 Å².